The molecule has 3 rings (SSSR count). The lowest BCUT2D eigenvalue weighted by Crippen LogP contribution is -2.13. The van der Waals surface area contributed by atoms with Gasteiger partial charge in [0.25, 0.3) is 11.7 Å². The standard InChI is InChI=1S/C22H25N5O5/c1-13(2)19-18(10-9-17(14(3)28)20(19)29)32-12-4-11-31-16-7-5-15(6-8-16)23-22(30)21-24-26-27-25-21/h5-10,13,29H,4,11-12H2,1-3H3,(H,23,30)(H,24,25,26,27). The van der Waals surface area contributed by atoms with E-state index in [1.807, 2.05) is 13.8 Å². The van der Waals surface area contributed by atoms with Crippen LogP contribution < -0.4 is 14.8 Å². The second-order valence-electron chi connectivity index (χ2n) is 7.35. The number of aromatic nitrogens is 4. The molecule has 0 fully saturated rings. The van der Waals surface area contributed by atoms with E-state index in [-0.39, 0.29) is 23.3 Å². The number of Topliss-reactive ketones (excluding diaryl/α,β-unsaturated/α-hetero) is 1. The lowest BCUT2D eigenvalue weighted by Gasteiger charge is -2.17. The molecule has 3 aromatic rings. The topological polar surface area (TPSA) is 139 Å². The third-order valence-corrected chi connectivity index (χ3v) is 4.61. The van der Waals surface area contributed by atoms with Crippen molar-refractivity contribution in [1.82, 2.24) is 20.6 Å². The summed E-state index contributed by atoms with van der Waals surface area (Å²) in [5.74, 6) is 0.484. The minimum absolute atomic E-state index is 0.000347. The number of aromatic amines is 1. The first-order valence-electron chi connectivity index (χ1n) is 10.1. The number of nitrogens with zero attached hydrogens (tertiary/aromatic N) is 3. The van der Waals surface area contributed by atoms with Crippen molar-refractivity contribution in [2.24, 2.45) is 0 Å². The summed E-state index contributed by atoms with van der Waals surface area (Å²) in [5, 5.41) is 25.9. The summed E-state index contributed by atoms with van der Waals surface area (Å²) in [7, 11) is 0. The first-order valence-corrected chi connectivity index (χ1v) is 10.1. The number of ketones is 1. The van der Waals surface area contributed by atoms with E-state index in [9.17, 15) is 14.7 Å². The Balaban J connectivity index is 1.47. The first-order chi connectivity index (χ1) is 15.4. The molecule has 0 saturated carbocycles. The van der Waals surface area contributed by atoms with E-state index in [0.29, 0.717) is 47.9 Å². The molecule has 3 N–H and O–H groups in total. The molecule has 0 saturated heterocycles. The molecule has 0 aliphatic carbocycles. The molecule has 0 unspecified atom stereocenters. The zero-order chi connectivity index (χ0) is 23.1. The molecule has 1 aromatic heterocycles. The molecule has 10 heteroatoms. The Kier molecular flexibility index (Phi) is 7.37. The largest absolute Gasteiger partial charge is 0.507 e. The molecule has 0 spiro atoms. The van der Waals surface area contributed by atoms with E-state index in [1.165, 1.54) is 6.92 Å². The number of carbonyl (C=O) groups excluding carboxylic acids is 2. The fraction of sp³-hybridized carbons (Fsp3) is 0.318. The Morgan fingerprint density at radius 2 is 1.81 bits per heavy atom. The molecule has 0 atom stereocenters. The smallest absolute Gasteiger partial charge is 0.297 e. The van der Waals surface area contributed by atoms with Gasteiger partial charge in [-0.05, 0) is 54.5 Å². The van der Waals surface area contributed by atoms with E-state index in [1.54, 1.807) is 36.4 Å². The number of nitrogens with one attached hydrogen (secondary N) is 2. The predicted molar refractivity (Wildman–Crippen MR) is 116 cm³/mol. The minimum Gasteiger partial charge on any atom is -0.507 e. The van der Waals surface area contributed by atoms with Crippen LogP contribution in [0.5, 0.6) is 17.2 Å². The predicted octanol–water partition coefficient (Wildman–Crippen LogP) is 3.33. The lowest BCUT2D eigenvalue weighted by atomic mass is 9.96. The molecule has 10 nitrogen and oxygen atoms in total. The average molecular weight is 439 g/mol. The summed E-state index contributed by atoms with van der Waals surface area (Å²) in [6.45, 7) is 6.10. The van der Waals surface area contributed by atoms with Crippen molar-refractivity contribution in [3.63, 3.8) is 0 Å². The number of amides is 1. The SMILES string of the molecule is CC(=O)c1ccc(OCCCOc2ccc(NC(=O)c3nn[nH]n3)cc2)c(C(C)C)c1O. The number of tetrazole rings is 1. The van der Waals surface area contributed by atoms with Gasteiger partial charge < -0.3 is 19.9 Å². The lowest BCUT2D eigenvalue weighted by molar-refractivity contribution is 0.100. The van der Waals surface area contributed by atoms with Gasteiger partial charge in [-0.25, -0.2) is 0 Å². The van der Waals surface area contributed by atoms with Gasteiger partial charge in [0.15, 0.2) is 5.78 Å². The number of phenols is 1. The van der Waals surface area contributed by atoms with Gasteiger partial charge in [-0.1, -0.05) is 13.8 Å². The monoisotopic (exact) mass is 439 g/mol. The summed E-state index contributed by atoms with van der Waals surface area (Å²) in [6.07, 6.45) is 0.614. The number of aromatic hydroxyl groups is 1. The fourth-order valence-electron chi connectivity index (χ4n) is 3.07. The molecule has 0 aliphatic heterocycles. The van der Waals surface area contributed by atoms with Gasteiger partial charge in [-0.3, -0.25) is 9.59 Å². The number of phenolic OH excluding ortho intramolecular Hbond substituents is 1. The van der Waals surface area contributed by atoms with Crippen LogP contribution in [0.25, 0.3) is 0 Å². The molecule has 1 heterocycles. The van der Waals surface area contributed by atoms with Crippen molar-refractivity contribution in [1.29, 1.82) is 0 Å². The first kappa shape index (κ1) is 22.7. The summed E-state index contributed by atoms with van der Waals surface area (Å²) in [6, 6.07) is 10.2. The van der Waals surface area contributed by atoms with Crippen LogP contribution in [-0.2, 0) is 0 Å². The van der Waals surface area contributed by atoms with Crippen molar-refractivity contribution in [3.8, 4) is 17.2 Å². The van der Waals surface area contributed by atoms with Crippen LogP contribution in [0.1, 0.15) is 59.7 Å². The van der Waals surface area contributed by atoms with Crippen LogP contribution in [-0.4, -0.2) is 50.6 Å². The van der Waals surface area contributed by atoms with E-state index in [0.717, 1.165) is 0 Å². The number of anilines is 1. The highest BCUT2D eigenvalue weighted by Crippen LogP contribution is 2.37. The number of rotatable bonds is 10. The summed E-state index contributed by atoms with van der Waals surface area (Å²) >= 11 is 0. The highest BCUT2D eigenvalue weighted by atomic mass is 16.5. The molecule has 168 valence electrons. The van der Waals surface area contributed by atoms with Crippen molar-refractivity contribution in [3.05, 3.63) is 53.3 Å². The minimum atomic E-state index is -0.465. The Morgan fingerprint density at radius 3 is 2.44 bits per heavy atom. The number of hydrogen-bond donors (Lipinski definition) is 3. The molecule has 32 heavy (non-hydrogen) atoms. The fourth-order valence-corrected chi connectivity index (χ4v) is 3.07. The van der Waals surface area contributed by atoms with E-state index < -0.39 is 5.91 Å². The Labute approximate surface area is 184 Å². The zero-order valence-corrected chi connectivity index (χ0v) is 18.1. The maximum absolute atomic E-state index is 11.9. The molecule has 0 radical (unpaired) electrons. The molecule has 0 aliphatic rings. The zero-order valence-electron chi connectivity index (χ0n) is 18.1. The third-order valence-electron chi connectivity index (χ3n) is 4.61. The summed E-state index contributed by atoms with van der Waals surface area (Å²) < 4.78 is 11.5. The Hall–Kier alpha value is -3.95. The number of benzene rings is 2. The van der Waals surface area contributed by atoms with Crippen molar-refractivity contribution >= 4 is 17.4 Å². The van der Waals surface area contributed by atoms with Crippen LogP contribution in [0.4, 0.5) is 5.69 Å². The summed E-state index contributed by atoms with van der Waals surface area (Å²) in [5.41, 5.74) is 1.49. The van der Waals surface area contributed by atoms with Crippen molar-refractivity contribution < 1.29 is 24.2 Å². The van der Waals surface area contributed by atoms with Crippen LogP contribution >= 0.6 is 0 Å². The molecule has 1 amide bonds. The molecular formula is C22H25N5O5. The molecule has 2 aromatic carbocycles. The van der Waals surface area contributed by atoms with Gasteiger partial charge in [-0.2, -0.15) is 5.21 Å². The van der Waals surface area contributed by atoms with E-state index in [2.05, 4.69) is 25.9 Å². The van der Waals surface area contributed by atoms with Gasteiger partial charge >= 0.3 is 0 Å². The number of H-pyrrole nitrogens is 1. The van der Waals surface area contributed by atoms with Crippen LogP contribution in [0.15, 0.2) is 36.4 Å². The maximum atomic E-state index is 11.9. The molecule has 0 bridgehead atoms. The average Bonchev–Trinajstić information content (AvgIpc) is 3.29. The normalized spacial score (nSPS) is 10.8. The van der Waals surface area contributed by atoms with Crippen LogP contribution in [0.3, 0.4) is 0 Å². The van der Waals surface area contributed by atoms with Gasteiger partial charge in [-0.15, -0.1) is 10.2 Å². The van der Waals surface area contributed by atoms with Gasteiger partial charge in [0.05, 0.1) is 18.8 Å². The van der Waals surface area contributed by atoms with Gasteiger partial charge in [0.1, 0.15) is 17.2 Å². The van der Waals surface area contributed by atoms with Gasteiger partial charge in [0, 0.05) is 17.7 Å². The van der Waals surface area contributed by atoms with E-state index in [4.69, 9.17) is 9.47 Å². The summed E-state index contributed by atoms with van der Waals surface area (Å²) in [4.78, 5) is 23.6. The Bertz CT molecular complexity index is 1070. The third kappa shape index (κ3) is 5.60. The van der Waals surface area contributed by atoms with Crippen LogP contribution in [0.2, 0.25) is 0 Å². The second-order valence-corrected chi connectivity index (χ2v) is 7.35. The number of hydrogen-bond acceptors (Lipinski definition) is 8. The highest BCUT2D eigenvalue weighted by molar-refractivity contribution is 6.01. The number of ether oxygens (including phenoxy) is 2. The van der Waals surface area contributed by atoms with Crippen LogP contribution in [0, 0.1) is 0 Å². The van der Waals surface area contributed by atoms with E-state index >= 15 is 0 Å². The maximum Gasteiger partial charge on any atom is 0.297 e. The molecular weight excluding hydrogens is 414 g/mol. The quantitative estimate of drug-likeness (QED) is 0.323. The number of carbonyl (C=O) groups is 2. The Morgan fingerprint density at radius 1 is 1.09 bits per heavy atom. The van der Waals surface area contributed by atoms with Gasteiger partial charge in [0.2, 0.25) is 0 Å². The second kappa shape index (κ2) is 10.4. The van der Waals surface area contributed by atoms with Crippen molar-refractivity contribution in [2.45, 2.75) is 33.1 Å². The highest BCUT2D eigenvalue weighted by Gasteiger charge is 2.19. The van der Waals surface area contributed by atoms with Crippen molar-refractivity contribution in [2.75, 3.05) is 18.5 Å².